The summed E-state index contributed by atoms with van der Waals surface area (Å²) in [4.78, 5) is 0. The van der Waals surface area contributed by atoms with Gasteiger partial charge < -0.3 is 10.6 Å². The summed E-state index contributed by atoms with van der Waals surface area (Å²) >= 11 is 0. The molecule has 0 amide bonds. The van der Waals surface area contributed by atoms with Crippen LogP contribution in [-0.4, -0.2) is 0 Å². The van der Waals surface area contributed by atoms with E-state index in [0.29, 0.717) is 5.92 Å². The molecule has 0 atom stereocenters. The van der Waals surface area contributed by atoms with Crippen LogP contribution in [0.25, 0.3) is 5.57 Å². The van der Waals surface area contributed by atoms with Crippen LogP contribution in [0.2, 0.25) is 0 Å². The van der Waals surface area contributed by atoms with Gasteiger partial charge in [-0.3, -0.25) is 0 Å². The highest BCUT2D eigenvalue weighted by Crippen LogP contribution is 2.42. The Labute approximate surface area is 150 Å². The molecule has 1 heterocycles. The molecule has 2 nitrogen and oxygen atoms in total. The Morgan fingerprint density at radius 3 is 2.60 bits per heavy atom. The summed E-state index contributed by atoms with van der Waals surface area (Å²) in [6.45, 7) is 8.34. The average molecular weight is 330 g/mol. The van der Waals surface area contributed by atoms with E-state index in [1.807, 2.05) is 0 Å². The molecule has 0 spiro atoms. The molecule has 0 radical (unpaired) electrons. The van der Waals surface area contributed by atoms with E-state index in [0.717, 1.165) is 12.8 Å². The SMILES string of the molecule is C=CN/C(=C\C1=C(c2ccccc2)C(=C)C2=C(CCC2)N1)C1CCC1. The third-order valence-corrected chi connectivity index (χ3v) is 5.61. The van der Waals surface area contributed by atoms with Gasteiger partial charge in [0.05, 0.1) is 0 Å². The molecule has 2 aliphatic carbocycles. The molecule has 2 N–H and O–H groups in total. The maximum absolute atomic E-state index is 4.47. The number of allylic oxidation sites excluding steroid dienone is 6. The lowest BCUT2D eigenvalue weighted by atomic mass is 9.81. The van der Waals surface area contributed by atoms with E-state index in [1.54, 1.807) is 6.20 Å². The number of nitrogens with one attached hydrogen (secondary N) is 2. The van der Waals surface area contributed by atoms with E-state index in [2.05, 4.69) is 60.2 Å². The molecule has 25 heavy (non-hydrogen) atoms. The Bertz CT molecular complexity index is 789. The molecule has 2 heteroatoms. The Kier molecular flexibility index (Phi) is 4.35. The van der Waals surface area contributed by atoms with Crippen LogP contribution < -0.4 is 10.6 Å². The largest absolute Gasteiger partial charge is 0.365 e. The molecule has 4 rings (SSSR count). The van der Waals surface area contributed by atoms with E-state index in [4.69, 9.17) is 0 Å². The maximum atomic E-state index is 4.47. The zero-order chi connectivity index (χ0) is 17.2. The normalized spacial score (nSPS) is 21.0. The maximum Gasteiger partial charge on any atom is 0.0485 e. The van der Waals surface area contributed by atoms with Crippen LogP contribution in [0.15, 0.2) is 84.0 Å². The van der Waals surface area contributed by atoms with Crippen LogP contribution in [0.1, 0.15) is 44.1 Å². The van der Waals surface area contributed by atoms with Gasteiger partial charge >= 0.3 is 0 Å². The minimum atomic E-state index is 0.622. The lowest BCUT2D eigenvalue weighted by Crippen LogP contribution is -2.25. The van der Waals surface area contributed by atoms with Gasteiger partial charge in [0.1, 0.15) is 0 Å². The third kappa shape index (κ3) is 2.97. The number of hydrogen-bond acceptors (Lipinski definition) is 2. The van der Waals surface area contributed by atoms with Crippen molar-refractivity contribution in [3.05, 3.63) is 89.6 Å². The fraction of sp³-hybridized carbons (Fsp3) is 0.304. The van der Waals surface area contributed by atoms with Crippen LogP contribution in [0, 0.1) is 5.92 Å². The highest BCUT2D eigenvalue weighted by molar-refractivity contribution is 5.88. The second-order valence-corrected chi connectivity index (χ2v) is 7.14. The highest BCUT2D eigenvalue weighted by Gasteiger charge is 2.28. The molecule has 1 aromatic carbocycles. The number of dihydropyridines is 1. The fourth-order valence-electron chi connectivity index (χ4n) is 4.07. The zero-order valence-corrected chi connectivity index (χ0v) is 14.8. The fourth-order valence-corrected chi connectivity index (χ4v) is 4.07. The lowest BCUT2D eigenvalue weighted by Gasteiger charge is -2.30. The van der Waals surface area contributed by atoms with E-state index in [9.17, 15) is 0 Å². The first kappa shape index (κ1) is 16.0. The smallest absolute Gasteiger partial charge is 0.0485 e. The molecule has 0 unspecified atom stereocenters. The van der Waals surface area contributed by atoms with Gasteiger partial charge in [0.2, 0.25) is 0 Å². The molecule has 128 valence electrons. The summed E-state index contributed by atoms with van der Waals surface area (Å²) in [5, 5.41) is 7.12. The van der Waals surface area contributed by atoms with Crippen molar-refractivity contribution in [1.82, 2.24) is 10.6 Å². The Morgan fingerprint density at radius 1 is 1.12 bits per heavy atom. The molecule has 0 bridgehead atoms. The number of rotatable bonds is 5. The van der Waals surface area contributed by atoms with Crippen molar-refractivity contribution >= 4 is 5.57 Å². The Hall–Kier alpha value is -2.48. The van der Waals surface area contributed by atoms with E-state index < -0.39 is 0 Å². The summed E-state index contributed by atoms with van der Waals surface area (Å²) in [5.41, 5.74) is 8.89. The standard InChI is InChI=1S/C23H26N2/c1-3-24-21(17-11-7-12-17)15-22-23(18-9-5-4-6-10-18)16(2)19-13-8-14-20(19)25-22/h3-6,9-10,15,17,24-25H,1-2,7-8,11-14H2/b21-15-. The van der Waals surface area contributed by atoms with E-state index in [1.165, 1.54) is 65.1 Å². The van der Waals surface area contributed by atoms with Gasteiger partial charge in [-0.05, 0) is 67.0 Å². The second-order valence-electron chi connectivity index (χ2n) is 7.14. The van der Waals surface area contributed by atoms with Crippen molar-refractivity contribution in [3.63, 3.8) is 0 Å². The highest BCUT2D eigenvalue weighted by atomic mass is 14.9. The molecule has 1 aromatic rings. The molecule has 0 saturated heterocycles. The van der Waals surface area contributed by atoms with Crippen molar-refractivity contribution in [2.24, 2.45) is 5.92 Å². The van der Waals surface area contributed by atoms with Gasteiger partial charge in [-0.1, -0.05) is 49.9 Å². The summed E-state index contributed by atoms with van der Waals surface area (Å²) in [7, 11) is 0. The predicted octanol–water partition coefficient (Wildman–Crippen LogP) is 5.41. The Balaban J connectivity index is 1.80. The molecular formula is C23H26N2. The first-order valence-corrected chi connectivity index (χ1v) is 9.35. The summed E-state index contributed by atoms with van der Waals surface area (Å²) in [6, 6.07) is 10.6. The minimum Gasteiger partial charge on any atom is -0.365 e. The van der Waals surface area contributed by atoms with Crippen molar-refractivity contribution in [1.29, 1.82) is 0 Å². The average Bonchev–Trinajstić information content (AvgIpc) is 3.03. The van der Waals surface area contributed by atoms with E-state index >= 15 is 0 Å². The van der Waals surface area contributed by atoms with Gasteiger partial charge in [-0.25, -0.2) is 0 Å². The monoisotopic (exact) mass is 330 g/mol. The van der Waals surface area contributed by atoms with Crippen LogP contribution in [0.5, 0.6) is 0 Å². The van der Waals surface area contributed by atoms with Crippen LogP contribution in [0.4, 0.5) is 0 Å². The quantitative estimate of drug-likeness (QED) is 0.754. The van der Waals surface area contributed by atoms with Crippen molar-refractivity contribution in [2.75, 3.05) is 0 Å². The van der Waals surface area contributed by atoms with Gasteiger partial charge in [0.25, 0.3) is 0 Å². The molecule has 1 fully saturated rings. The van der Waals surface area contributed by atoms with Crippen molar-refractivity contribution < 1.29 is 0 Å². The summed E-state index contributed by atoms with van der Waals surface area (Å²) < 4.78 is 0. The minimum absolute atomic E-state index is 0.622. The van der Waals surface area contributed by atoms with Gasteiger partial charge in [0.15, 0.2) is 0 Å². The van der Waals surface area contributed by atoms with Crippen molar-refractivity contribution in [3.8, 4) is 0 Å². The summed E-state index contributed by atoms with van der Waals surface area (Å²) in [6.07, 6.45) is 11.4. The van der Waals surface area contributed by atoms with Crippen LogP contribution in [0.3, 0.4) is 0 Å². The lowest BCUT2D eigenvalue weighted by molar-refractivity contribution is 0.356. The first-order valence-electron chi connectivity index (χ1n) is 9.35. The molecule has 0 aromatic heterocycles. The zero-order valence-electron chi connectivity index (χ0n) is 14.8. The second kappa shape index (κ2) is 6.79. The molecule has 3 aliphatic rings. The third-order valence-electron chi connectivity index (χ3n) is 5.61. The topological polar surface area (TPSA) is 24.1 Å². The Morgan fingerprint density at radius 2 is 1.92 bits per heavy atom. The van der Waals surface area contributed by atoms with E-state index in [-0.39, 0.29) is 0 Å². The number of benzene rings is 1. The molecule has 1 saturated carbocycles. The molecular weight excluding hydrogens is 304 g/mol. The number of hydrogen-bond donors (Lipinski definition) is 2. The van der Waals surface area contributed by atoms with Crippen molar-refractivity contribution in [2.45, 2.75) is 38.5 Å². The van der Waals surface area contributed by atoms with Crippen LogP contribution in [-0.2, 0) is 0 Å². The predicted molar refractivity (Wildman–Crippen MR) is 105 cm³/mol. The molecule has 1 aliphatic heterocycles. The van der Waals surface area contributed by atoms with Gasteiger partial charge in [0, 0.05) is 22.7 Å². The van der Waals surface area contributed by atoms with Gasteiger partial charge in [-0.15, -0.1) is 0 Å². The first-order chi connectivity index (χ1) is 12.3. The van der Waals surface area contributed by atoms with Crippen LogP contribution >= 0.6 is 0 Å². The summed E-state index contributed by atoms with van der Waals surface area (Å²) in [5.74, 6) is 0.622. The van der Waals surface area contributed by atoms with Gasteiger partial charge in [-0.2, -0.15) is 0 Å².